The number of amides is 1. The number of nitrogens with one attached hydrogen (secondary N) is 3. The molecule has 6 heterocycles. The van der Waals surface area contributed by atoms with Gasteiger partial charge in [0.2, 0.25) is 0 Å². The second kappa shape index (κ2) is 12.3. The van der Waals surface area contributed by atoms with Gasteiger partial charge >= 0.3 is 0 Å². The molecule has 0 saturated carbocycles. The monoisotopic (exact) mass is 613 g/mol. The molecule has 3 N–H and O–H groups in total. The molecule has 6 rings (SSSR count). The Bertz CT molecular complexity index is 1500. The highest BCUT2D eigenvalue weighted by molar-refractivity contribution is 7.97. The summed E-state index contributed by atoms with van der Waals surface area (Å²) in [6.45, 7) is 16.4. The molecular formula is C35H47N7OS. The van der Waals surface area contributed by atoms with E-state index in [4.69, 9.17) is 15.0 Å². The minimum Gasteiger partial charge on any atom is -0.362 e. The van der Waals surface area contributed by atoms with Crippen LogP contribution in [0.1, 0.15) is 106 Å². The molecule has 3 atom stereocenters. The quantitative estimate of drug-likeness (QED) is 0.270. The third-order valence-corrected chi connectivity index (χ3v) is 10.5. The summed E-state index contributed by atoms with van der Waals surface area (Å²) >= 11 is 1.24. The van der Waals surface area contributed by atoms with Gasteiger partial charge in [-0.15, -0.1) is 0 Å². The maximum Gasteiger partial charge on any atom is 0.265 e. The predicted octanol–water partition coefficient (Wildman–Crippen LogP) is 6.87. The fourth-order valence-electron chi connectivity index (χ4n) is 7.07. The normalized spacial score (nSPS) is 24.5. The minimum absolute atomic E-state index is 0.00852. The summed E-state index contributed by atoms with van der Waals surface area (Å²) in [7, 11) is 0. The Labute approximate surface area is 266 Å². The first-order valence-electron chi connectivity index (χ1n) is 16.1. The number of piperidine rings is 1. The Morgan fingerprint density at radius 1 is 1.05 bits per heavy atom. The van der Waals surface area contributed by atoms with Gasteiger partial charge in [0.05, 0.1) is 17.3 Å². The number of aromatic nitrogens is 3. The lowest BCUT2D eigenvalue weighted by Crippen LogP contribution is -2.40. The van der Waals surface area contributed by atoms with Gasteiger partial charge in [0.15, 0.2) is 0 Å². The van der Waals surface area contributed by atoms with Crippen molar-refractivity contribution in [1.82, 2.24) is 25.0 Å². The standard InChI is InChI=1S/C35H47N7OS/c1-22-18-28(27-19-24(14-17-37-27)23-12-15-36-16-13-23)38-30-8-7-9-31(40-30)44-41-33(43)26-10-11-29(34(2,3)4)39-32(26)42-21-25(22)20-35(42,5)6/h7-11,14,17,19,22-23,25,28,36H,12-13,15-16,18,20-21H2,1-6H3,(H,38,40)(H,41,43)/t22-,25-,28?/m0/s1. The molecule has 234 valence electrons. The number of anilines is 2. The average molecular weight is 614 g/mol. The molecule has 1 unspecified atom stereocenters. The molecule has 0 aliphatic carbocycles. The van der Waals surface area contributed by atoms with E-state index >= 15 is 0 Å². The van der Waals surface area contributed by atoms with Crippen LogP contribution in [0, 0.1) is 11.8 Å². The molecule has 4 bridgehead atoms. The number of hydrogen-bond donors (Lipinski definition) is 3. The highest BCUT2D eigenvalue weighted by Gasteiger charge is 2.43. The maximum atomic E-state index is 13.7. The van der Waals surface area contributed by atoms with Crippen LogP contribution in [0.15, 0.2) is 53.7 Å². The van der Waals surface area contributed by atoms with Crippen LogP contribution >= 0.6 is 11.9 Å². The third-order valence-electron chi connectivity index (χ3n) is 9.73. The summed E-state index contributed by atoms with van der Waals surface area (Å²) in [5.41, 5.74) is 3.76. The van der Waals surface area contributed by atoms with Crippen LogP contribution in [0.25, 0.3) is 0 Å². The fourth-order valence-corrected chi connectivity index (χ4v) is 7.67. The maximum absolute atomic E-state index is 13.7. The van der Waals surface area contributed by atoms with Gasteiger partial charge in [-0.2, -0.15) is 0 Å². The van der Waals surface area contributed by atoms with Crippen LogP contribution in [-0.4, -0.2) is 46.0 Å². The van der Waals surface area contributed by atoms with Crippen LogP contribution in [0.2, 0.25) is 0 Å². The van der Waals surface area contributed by atoms with E-state index in [0.717, 1.165) is 73.4 Å². The van der Waals surface area contributed by atoms with E-state index < -0.39 is 0 Å². The number of hydrogen-bond acceptors (Lipinski definition) is 8. The van der Waals surface area contributed by atoms with Gasteiger partial charge in [0, 0.05) is 41.3 Å². The van der Waals surface area contributed by atoms with Gasteiger partial charge < -0.3 is 15.5 Å². The van der Waals surface area contributed by atoms with Crippen molar-refractivity contribution in [2.24, 2.45) is 11.8 Å². The molecule has 8 nitrogen and oxygen atoms in total. The van der Waals surface area contributed by atoms with Gasteiger partial charge in [-0.25, -0.2) is 9.97 Å². The van der Waals surface area contributed by atoms with Crippen molar-refractivity contribution in [3.8, 4) is 0 Å². The van der Waals surface area contributed by atoms with E-state index in [-0.39, 0.29) is 22.9 Å². The first-order chi connectivity index (χ1) is 21.0. The van der Waals surface area contributed by atoms with Crippen molar-refractivity contribution in [1.29, 1.82) is 0 Å². The molecule has 2 saturated heterocycles. The SMILES string of the molecule is C[C@H]1CC(c2cc(C3CCNCC3)ccn2)Nc2cccc(n2)SNC(=O)c2ccc(C(C)(C)C)nc2N2C[C@@H]1CC2(C)C. The Morgan fingerprint density at radius 2 is 1.84 bits per heavy atom. The van der Waals surface area contributed by atoms with Crippen molar-refractivity contribution in [2.45, 2.75) is 95.2 Å². The molecule has 3 aliphatic rings. The minimum atomic E-state index is -0.155. The average Bonchev–Trinajstić information content (AvgIpc) is 3.34. The van der Waals surface area contributed by atoms with Crippen LogP contribution in [0.5, 0.6) is 0 Å². The lowest BCUT2D eigenvalue weighted by Gasteiger charge is -2.34. The van der Waals surface area contributed by atoms with Crippen LogP contribution in [-0.2, 0) is 5.41 Å². The molecule has 3 aromatic rings. The summed E-state index contributed by atoms with van der Waals surface area (Å²) < 4.78 is 3.06. The number of nitrogens with zero attached hydrogens (tertiary/aromatic N) is 4. The summed E-state index contributed by atoms with van der Waals surface area (Å²) in [5, 5.41) is 7.98. The smallest absolute Gasteiger partial charge is 0.265 e. The summed E-state index contributed by atoms with van der Waals surface area (Å²) in [5.74, 6) is 2.79. The molecule has 9 heteroatoms. The zero-order valence-corrected chi connectivity index (χ0v) is 27.8. The van der Waals surface area contributed by atoms with Gasteiger partial charge in [-0.1, -0.05) is 33.8 Å². The third kappa shape index (κ3) is 6.59. The van der Waals surface area contributed by atoms with Gasteiger partial charge in [-0.05, 0) is 112 Å². The molecule has 0 radical (unpaired) electrons. The van der Waals surface area contributed by atoms with Crippen LogP contribution < -0.4 is 20.3 Å². The second-order valence-corrected chi connectivity index (χ2v) is 15.4. The Morgan fingerprint density at radius 3 is 2.61 bits per heavy atom. The van der Waals surface area contributed by atoms with Crippen molar-refractivity contribution in [2.75, 3.05) is 29.9 Å². The van der Waals surface area contributed by atoms with Crippen LogP contribution in [0.4, 0.5) is 11.6 Å². The number of fused-ring (bicyclic) bond motifs is 6. The molecule has 1 amide bonds. The number of rotatable bonds is 2. The number of carbonyl (C=O) groups is 1. The van der Waals surface area contributed by atoms with Gasteiger partial charge in [-0.3, -0.25) is 14.5 Å². The Balaban J connectivity index is 1.39. The largest absolute Gasteiger partial charge is 0.362 e. The Kier molecular flexibility index (Phi) is 8.63. The highest BCUT2D eigenvalue weighted by atomic mass is 32.2. The van der Waals surface area contributed by atoms with Crippen molar-refractivity contribution in [3.05, 3.63) is 71.2 Å². The topological polar surface area (TPSA) is 95.1 Å². The van der Waals surface area contributed by atoms with Crippen molar-refractivity contribution >= 4 is 29.5 Å². The Hall–Kier alpha value is -3.17. The number of carbonyl (C=O) groups excluding carboxylic acids is 1. The zero-order chi connectivity index (χ0) is 31.1. The second-order valence-electron chi connectivity index (χ2n) is 14.5. The van der Waals surface area contributed by atoms with E-state index in [1.807, 2.05) is 36.5 Å². The van der Waals surface area contributed by atoms with E-state index in [0.29, 0.717) is 23.3 Å². The van der Waals surface area contributed by atoms with E-state index in [2.05, 4.69) is 73.9 Å². The molecular weight excluding hydrogens is 567 g/mol. The first-order valence-corrected chi connectivity index (χ1v) is 17.0. The number of pyridine rings is 3. The van der Waals surface area contributed by atoms with Crippen LogP contribution in [0.3, 0.4) is 0 Å². The summed E-state index contributed by atoms with van der Waals surface area (Å²) in [6.07, 6.45) is 6.25. The lowest BCUT2D eigenvalue weighted by molar-refractivity contribution is 0.0984. The highest BCUT2D eigenvalue weighted by Crippen LogP contribution is 2.43. The first kappa shape index (κ1) is 30.8. The van der Waals surface area contributed by atoms with Gasteiger partial charge in [0.25, 0.3) is 5.91 Å². The fraction of sp³-hybridized carbons (Fsp3) is 0.543. The van der Waals surface area contributed by atoms with Crippen molar-refractivity contribution in [3.63, 3.8) is 0 Å². The van der Waals surface area contributed by atoms with E-state index in [1.54, 1.807) is 0 Å². The van der Waals surface area contributed by atoms with E-state index in [1.165, 1.54) is 17.5 Å². The van der Waals surface area contributed by atoms with E-state index in [9.17, 15) is 4.79 Å². The summed E-state index contributed by atoms with van der Waals surface area (Å²) in [4.78, 5) is 31.1. The molecule has 0 spiro atoms. The molecule has 3 aromatic heterocycles. The molecule has 3 aliphatic heterocycles. The molecule has 0 aromatic carbocycles. The molecule has 2 fully saturated rings. The van der Waals surface area contributed by atoms with Crippen molar-refractivity contribution < 1.29 is 4.79 Å². The lowest BCUT2D eigenvalue weighted by atomic mass is 9.83. The molecule has 44 heavy (non-hydrogen) atoms. The predicted molar refractivity (Wildman–Crippen MR) is 179 cm³/mol. The summed E-state index contributed by atoms with van der Waals surface area (Å²) in [6, 6.07) is 14.4. The van der Waals surface area contributed by atoms with Gasteiger partial charge in [0.1, 0.15) is 16.7 Å². The zero-order valence-electron chi connectivity index (χ0n) is 27.0.